The maximum atomic E-state index is 12.5. The summed E-state index contributed by atoms with van der Waals surface area (Å²) in [6.45, 7) is 4.19. The lowest BCUT2D eigenvalue weighted by molar-refractivity contribution is 0.0953. The number of nitrogens with zero attached hydrogens (tertiary/aromatic N) is 1. The SMILES string of the molecule is Cc1ccc(S(=O)(=O)n2ccc(C(=O)NCCC(C)N)c2)cc1.Cl. The van der Waals surface area contributed by atoms with Crippen molar-refractivity contribution in [1.82, 2.24) is 9.29 Å². The Labute approximate surface area is 148 Å². The van der Waals surface area contributed by atoms with E-state index in [4.69, 9.17) is 5.73 Å². The Kier molecular flexibility index (Phi) is 7.01. The monoisotopic (exact) mass is 371 g/mol. The molecule has 132 valence electrons. The maximum absolute atomic E-state index is 12.5. The largest absolute Gasteiger partial charge is 0.352 e. The predicted octanol–water partition coefficient (Wildman–Crippen LogP) is 1.92. The average molecular weight is 372 g/mol. The van der Waals surface area contributed by atoms with E-state index < -0.39 is 10.0 Å². The first-order valence-corrected chi connectivity index (χ1v) is 8.79. The molecule has 0 aliphatic heterocycles. The third-order valence-electron chi connectivity index (χ3n) is 3.41. The van der Waals surface area contributed by atoms with Gasteiger partial charge >= 0.3 is 0 Å². The van der Waals surface area contributed by atoms with Gasteiger partial charge in [0.1, 0.15) is 0 Å². The highest BCUT2D eigenvalue weighted by atomic mass is 35.5. The first-order chi connectivity index (χ1) is 10.8. The Hall–Kier alpha value is -1.83. The van der Waals surface area contributed by atoms with E-state index in [1.165, 1.54) is 18.5 Å². The number of hydrogen-bond donors (Lipinski definition) is 2. The van der Waals surface area contributed by atoms with E-state index in [0.29, 0.717) is 18.5 Å². The minimum absolute atomic E-state index is 0. The van der Waals surface area contributed by atoms with Gasteiger partial charge in [-0.1, -0.05) is 17.7 Å². The fraction of sp³-hybridized carbons (Fsp3) is 0.312. The number of hydrogen-bond acceptors (Lipinski definition) is 4. The van der Waals surface area contributed by atoms with Crippen LogP contribution in [0.4, 0.5) is 0 Å². The number of carbonyl (C=O) groups is 1. The van der Waals surface area contributed by atoms with Gasteiger partial charge in [-0.2, -0.15) is 0 Å². The van der Waals surface area contributed by atoms with Crippen LogP contribution >= 0.6 is 12.4 Å². The molecule has 2 aromatic rings. The van der Waals surface area contributed by atoms with Crippen LogP contribution in [0.25, 0.3) is 0 Å². The van der Waals surface area contributed by atoms with Crippen LogP contribution in [0.1, 0.15) is 29.3 Å². The number of benzene rings is 1. The third-order valence-corrected chi connectivity index (χ3v) is 5.06. The highest BCUT2D eigenvalue weighted by Gasteiger charge is 2.18. The van der Waals surface area contributed by atoms with Crippen molar-refractivity contribution in [3.8, 4) is 0 Å². The lowest BCUT2D eigenvalue weighted by atomic mass is 10.2. The number of halogens is 1. The minimum atomic E-state index is -3.69. The maximum Gasteiger partial charge on any atom is 0.267 e. The van der Waals surface area contributed by atoms with Gasteiger partial charge in [0.05, 0.1) is 10.5 Å². The quantitative estimate of drug-likeness (QED) is 0.811. The van der Waals surface area contributed by atoms with E-state index in [2.05, 4.69) is 5.32 Å². The van der Waals surface area contributed by atoms with Gasteiger partial charge in [0, 0.05) is 25.0 Å². The van der Waals surface area contributed by atoms with Gasteiger partial charge in [0.2, 0.25) is 0 Å². The fourth-order valence-corrected chi connectivity index (χ4v) is 3.21. The third kappa shape index (κ3) is 4.83. The normalized spacial score (nSPS) is 12.3. The highest BCUT2D eigenvalue weighted by Crippen LogP contribution is 2.16. The fourth-order valence-electron chi connectivity index (χ4n) is 2.01. The molecule has 2 rings (SSSR count). The molecule has 0 spiro atoms. The first kappa shape index (κ1) is 20.2. The molecule has 1 aromatic carbocycles. The number of amides is 1. The van der Waals surface area contributed by atoms with E-state index in [0.717, 1.165) is 9.54 Å². The molecule has 1 atom stereocenters. The summed E-state index contributed by atoms with van der Waals surface area (Å²) in [5.41, 5.74) is 6.89. The molecule has 1 heterocycles. The van der Waals surface area contributed by atoms with Crippen LogP contribution in [0.3, 0.4) is 0 Å². The molecule has 24 heavy (non-hydrogen) atoms. The molecule has 3 N–H and O–H groups in total. The van der Waals surface area contributed by atoms with Crippen molar-refractivity contribution in [1.29, 1.82) is 0 Å². The van der Waals surface area contributed by atoms with Crippen LogP contribution in [0.15, 0.2) is 47.6 Å². The number of aromatic nitrogens is 1. The molecular formula is C16H22ClN3O3S. The lowest BCUT2D eigenvalue weighted by Gasteiger charge is -2.07. The van der Waals surface area contributed by atoms with Gasteiger partial charge in [-0.15, -0.1) is 12.4 Å². The second-order valence-electron chi connectivity index (χ2n) is 5.57. The molecule has 0 aliphatic rings. The topological polar surface area (TPSA) is 94.2 Å². The van der Waals surface area contributed by atoms with Gasteiger partial charge in [-0.25, -0.2) is 12.4 Å². The van der Waals surface area contributed by atoms with E-state index in [9.17, 15) is 13.2 Å². The number of carbonyl (C=O) groups excluding carboxylic acids is 1. The van der Waals surface area contributed by atoms with E-state index in [1.54, 1.807) is 24.3 Å². The Morgan fingerprint density at radius 3 is 2.46 bits per heavy atom. The number of nitrogens with two attached hydrogens (primary N) is 1. The molecule has 1 unspecified atom stereocenters. The van der Waals surface area contributed by atoms with Crippen molar-refractivity contribution in [2.75, 3.05) is 6.54 Å². The second kappa shape index (κ2) is 8.32. The van der Waals surface area contributed by atoms with Crippen molar-refractivity contribution in [2.45, 2.75) is 31.2 Å². The van der Waals surface area contributed by atoms with Crippen LogP contribution in [-0.2, 0) is 10.0 Å². The summed E-state index contributed by atoms with van der Waals surface area (Å²) >= 11 is 0. The summed E-state index contributed by atoms with van der Waals surface area (Å²) in [7, 11) is -3.69. The lowest BCUT2D eigenvalue weighted by Crippen LogP contribution is -2.28. The molecule has 0 bridgehead atoms. The van der Waals surface area contributed by atoms with Crippen LogP contribution in [0, 0.1) is 6.92 Å². The van der Waals surface area contributed by atoms with Crippen molar-refractivity contribution in [2.24, 2.45) is 5.73 Å². The molecular weight excluding hydrogens is 350 g/mol. The summed E-state index contributed by atoms with van der Waals surface area (Å²) in [6, 6.07) is 8.05. The molecule has 0 saturated heterocycles. The van der Waals surface area contributed by atoms with Crippen LogP contribution in [0.2, 0.25) is 0 Å². The van der Waals surface area contributed by atoms with Gasteiger partial charge in [-0.05, 0) is 38.5 Å². The van der Waals surface area contributed by atoms with Crippen molar-refractivity contribution >= 4 is 28.3 Å². The van der Waals surface area contributed by atoms with E-state index in [-0.39, 0.29) is 29.3 Å². The molecule has 6 nitrogen and oxygen atoms in total. The summed E-state index contributed by atoms with van der Waals surface area (Å²) in [4.78, 5) is 12.2. The standard InChI is InChI=1S/C16H21N3O3S.ClH/c1-12-3-5-15(6-4-12)23(21,22)19-10-8-14(11-19)16(20)18-9-7-13(2)17;/h3-6,8,10-11,13H,7,9,17H2,1-2H3,(H,18,20);1H. The summed E-state index contributed by atoms with van der Waals surface area (Å²) in [5.74, 6) is -0.316. The average Bonchev–Trinajstić information content (AvgIpc) is 2.98. The zero-order valence-corrected chi connectivity index (χ0v) is 15.2. The summed E-state index contributed by atoms with van der Waals surface area (Å²) < 4.78 is 26.1. The van der Waals surface area contributed by atoms with Gasteiger partial charge in [0.25, 0.3) is 15.9 Å². The van der Waals surface area contributed by atoms with Crippen molar-refractivity contribution < 1.29 is 13.2 Å². The number of aryl methyl sites for hydroxylation is 1. The second-order valence-corrected chi connectivity index (χ2v) is 7.41. The number of nitrogens with one attached hydrogen (secondary N) is 1. The Bertz CT molecular complexity index is 783. The summed E-state index contributed by atoms with van der Waals surface area (Å²) in [6.07, 6.45) is 3.35. The highest BCUT2D eigenvalue weighted by molar-refractivity contribution is 7.90. The summed E-state index contributed by atoms with van der Waals surface area (Å²) in [5, 5.41) is 2.72. The van der Waals surface area contributed by atoms with Crippen LogP contribution < -0.4 is 11.1 Å². The van der Waals surface area contributed by atoms with E-state index in [1.807, 2.05) is 13.8 Å². The predicted molar refractivity (Wildman–Crippen MR) is 96.0 cm³/mol. The molecule has 0 radical (unpaired) electrons. The van der Waals surface area contributed by atoms with Crippen molar-refractivity contribution in [3.63, 3.8) is 0 Å². The molecule has 8 heteroatoms. The van der Waals surface area contributed by atoms with Crippen LogP contribution in [0.5, 0.6) is 0 Å². The molecule has 1 aromatic heterocycles. The Balaban J connectivity index is 0.00000288. The van der Waals surface area contributed by atoms with Crippen molar-refractivity contribution in [3.05, 3.63) is 53.9 Å². The van der Waals surface area contributed by atoms with Gasteiger partial charge in [0.15, 0.2) is 0 Å². The first-order valence-electron chi connectivity index (χ1n) is 7.35. The number of rotatable bonds is 6. The van der Waals surface area contributed by atoms with E-state index >= 15 is 0 Å². The Morgan fingerprint density at radius 1 is 1.25 bits per heavy atom. The molecule has 0 fully saturated rings. The molecule has 0 saturated carbocycles. The zero-order chi connectivity index (χ0) is 17.0. The Morgan fingerprint density at radius 2 is 1.88 bits per heavy atom. The minimum Gasteiger partial charge on any atom is -0.352 e. The molecule has 0 aliphatic carbocycles. The van der Waals surface area contributed by atoms with Gasteiger partial charge < -0.3 is 11.1 Å². The smallest absolute Gasteiger partial charge is 0.267 e. The van der Waals surface area contributed by atoms with Crippen LogP contribution in [-0.4, -0.2) is 30.9 Å². The zero-order valence-electron chi connectivity index (χ0n) is 13.6. The van der Waals surface area contributed by atoms with Gasteiger partial charge in [-0.3, -0.25) is 4.79 Å². The molecule has 1 amide bonds.